The molecule has 0 saturated heterocycles. The number of hydrogen-bond acceptors (Lipinski definition) is 4. The van der Waals surface area contributed by atoms with E-state index in [1.54, 1.807) is 0 Å². The van der Waals surface area contributed by atoms with Gasteiger partial charge >= 0.3 is 0 Å². The smallest absolute Gasteiger partial charge is 0.150 e. The number of nitrogens with zero attached hydrogens (tertiary/aromatic N) is 3. The zero-order chi connectivity index (χ0) is 18.8. The number of nitrogen functional groups attached to an aromatic ring is 1. The van der Waals surface area contributed by atoms with E-state index >= 15 is 0 Å². The first kappa shape index (κ1) is 17.6. The Labute approximate surface area is 166 Å². The topological polar surface area (TPSA) is 66.0 Å². The summed E-state index contributed by atoms with van der Waals surface area (Å²) in [7, 11) is 0. The number of ether oxygens (including phenoxy) is 1. The maximum atomic E-state index is 6.18. The first-order valence-corrected chi connectivity index (χ1v) is 9.25. The molecule has 2 aromatic carbocycles. The van der Waals surface area contributed by atoms with E-state index in [2.05, 4.69) is 9.97 Å². The lowest BCUT2D eigenvalue weighted by atomic mass is 10.1. The zero-order valence-electron chi connectivity index (χ0n) is 14.3. The number of alkyl halides is 1. The Balaban J connectivity index is 1.91. The first-order valence-electron chi connectivity index (χ1n) is 8.34. The Kier molecular flexibility index (Phi) is 4.88. The Bertz CT molecular complexity index is 1110. The van der Waals surface area contributed by atoms with Crippen LogP contribution in [0, 0.1) is 0 Å². The third-order valence-corrected chi connectivity index (χ3v) is 4.58. The van der Waals surface area contributed by atoms with Gasteiger partial charge in [-0.3, -0.25) is 0 Å². The average molecular weight is 399 g/mol. The van der Waals surface area contributed by atoms with Crippen molar-refractivity contribution in [2.24, 2.45) is 0 Å². The van der Waals surface area contributed by atoms with Crippen LogP contribution in [0.4, 0.5) is 5.82 Å². The van der Waals surface area contributed by atoms with Gasteiger partial charge in [-0.1, -0.05) is 29.8 Å². The molecular weight excluding hydrogens is 383 g/mol. The molecule has 27 heavy (non-hydrogen) atoms. The van der Waals surface area contributed by atoms with Gasteiger partial charge in [0.25, 0.3) is 0 Å². The van der Waals surface area contributed by atoms with E-state index in [0.717, 1.165) is 28.0 Å². The van der Waals surface area contributed by atoms with Crippen molar-refractivity contribution < 1.29 is 4.74 Å². The van der Waals surface area contributed by atoms with Crippen LogP contribution in [0.2, 0.25) is 5.02 Å². The largest absolute Gasteiger partial charge is 0.492 e. The van der Waals surface area contributed by atoms with Crippen LogP contribution in [0.25, 0.3) is 27.8 Å². The Morgan fingerprint density at radius 1 is 1.07 bits per heavy atom. The molecule has 0 radical (unpaired) electrons. The van der Waals surface area contributed by atoms with Gasteiger partial charge in [0, 0.05) is 22.8 Å². The van der Waals surface area contributed by atoms with Crippen molar-refractivity contribution in [3.05, 3.63) is 66.1 Å². The molecule has 4 rings (SSSR count). The summed E-state index contributed by atoms with van der Waals surface area (Å²) < 4.78 is 7.61. The summed E-state index contributed by atoms with van der Waals surface area (Å²) in [6.07, 6.45) is 3.45. The number of aromatic nitrogens is 3. The van der Waals surface area contributed by atoms with Crippen LogP contribution in [0.15, 0.2) is 61.1 Å². The standard InChI is InChI=1S/C20H16Cl2N4O/c21-7-8-27-16-6-2-5-15(10-16)26-11-17(13-3-1-4-14(22)9-13)18-19(23)24-12-25-20(18)26/h1-6,9-12H,7-8H2,(H2,23,24,25). The molecule has 0 bridgehead atoms. The summed E-state index contributed by atoms with van der Waals surface area (Å²) in [5.41, 5.74) is 9.66. The summed E-state index contributed by atoms with van der Waals surface area (Å²) in [4.78, 5) is 8.62. The summed E-state index contributed by atoms with van der Waals surface area (Å²) in [5.74, 6) is 1.59. The van der Waals surface area contributed by atoms with Crippen LogP contribution < -0.4 is 10.5 Å². The molecule has 2 aromatic heterocycles. The fourth-order valence-corrected chi connectivity index (χ4v) is 3.30. The van der Waals surface area contributed by atoms with Gasteiger partial charge in [0.2, 0.25) is 0 Å². The maximum absolute atomic E-state index is 6.18. The summed E-state index contributed by atoms with van der Waals surface area (Å²) >= 11 is 11.9. The van der Waals surface area contributed by atoms with E-state index in [-0.39, 0.29) is 0 Å². The molecule has 0 saturated carbocycles. The molecule has 0 amide bonds. The third kappa shape index (κ3) is 3.44. The third-order valence-electron chi connectivity index (χ3n) is 4.19. The van der Waals surface area contributed by atoms with Gasteiger partial charge in [-0.05, 0) is 29.8 Å². The molecule has 0 fully saturated rings. The summed E-state index contributed by atoms with van der Waals surface area (Å²) in [6, 6.07) is 15.4. The molecule has 0 aliphatic carbocycles. The second-order valence-corrected chi connectivity index (χ2v) is 6.73. The van der Waals surface area contributed by atoms with Crippen molar-refractivity contribution in [2.75, 3.05) is 18.2 Å². The van der Waals surface area contributed by atoms with E-state index in [4.69, 9.17) is 33.7 Å². The molecule has 0 unspecified atom stereocenters. The van der Waals surface area contributed by atoms with Crippen LogP contribution in [-0.2, 0) is 0 Å². The number of hydrogen-bond donors (Lipinski definition) is 1. The molecule has 7 heteroatoms. The quantitative estimate of drug-likeness (QED) is 0.483. The highest BCUT2D eigenvalue weighted by Crippen LogP contribution is 2.35. The van der Waals surface area contributed by atoms with E-state index < -0.39 is 0 Å². The second-order valence-electron chi connectivity index (χ2n) is 5.92. The van der Waals surface area contributed by atoms with Crippen molar-refractivity contribution in [3.63, 3.8) is 0 Å². The van der Waals surface area contributed by atoms with Crippen molar-refractivity contribution in [2.45, 2.75) is 0 Å². The summed E-state index contributed by atoms with van der Waals surface area (Å²) in [6.45, 7) is 0.445. The van der Waals surface area contributed by atoms with Crippen LogP contribution in [0.1, 0.15) is 0 Å². The second kappa shape index (κ2) is 7.47. The van der Waals surface area contributed by atoms with Crippen molar-refractivity contribution >= 4 is 40.1 Å². The fraction of sp³-hybridized carbons (Fsp3) is 0.100. The number of benzene rings is 2. The highest BCUT2D eigenvalue weighted by atomic mass is 35.5. The van der Waals surface area contributed by atoms with Crippen molar-refractivity contribution in [1.29, 1.82) is 0 Å². The van der Waals surface area contributed by atoms with Crippen LogP contribution in [-0.4, -0.2) is 27.0 Å². The minimum absolute atomic E-state index is 0.420. The predicted octanol–water partition coefficient (Wildman–Crippen LogP) is 4.94. The zero-order valence-corrected chi connectivity index (χ0v) is 15.8. The fourth-order valence-electron chi connectivity index (χ4n) is 3.04. The Hall–Kier alpha value is -2.76. The van der Waals surface area contributed by atoms with Gasteiger partial charge in [-0.15, -0.1) is 11.6 Å². The minimum Gasteiger partial charge on any atom is -0.492 e. The molecular formula is C20H16Cl2N4O. The number of rotatable bonds is 5. The molecule has 0 aliphatic rings. The van der Waals surface area contributed by atoms with Crippen molar-refractivity contribution in [1.82, 2.24) is 14.5 Å². The van der Waals surface area contributed by atoms with Gasteiger partial charge < -0.3 is 15.0 Å². The van der Waals surface area contributed by atoms with Gasteiger partial charge in [0.1, 0.15) is 24.5 Å². The van der Waals surface area contributed by atoms with E-state index in [1.165, 1.54) is 6.33 Å². The maximum Gasteiger partial charge on any atom is 0.150 e. The molecule has 4 aromatic rings. The minimum atomic E-state index is 0.420. The monoisotopic (exact) mass is 398 g/mol. The van der Waals surface area contributed by atoms with Gasteiger partial charge in [0.15, 0.2) is 5.65 Å². The molecule has 0 aliphatic heterocycles. The van der Waals surface area contributed by atoms with E-state index in [0.29, 0.717) is 29.0 Å². The van der Waals surface area contributed by atoms with E-state index in [9.17, 15) is 0 Å². The molecule has 5 nitrogen and oxygen atoms in total. The Morgan fingerprint density at radius 2 is 1.93 bits per heavy atom. The van der Waals surface area contributed by atoms with Gasteiger partial charge in [-0.2, -0.15) is 0 Å². The normalized spacial score (nSPS) is 11.0. The first-order chi connectivity index (χ1) is 13.2. The molecule has 0 atom stereocenters. The lowest BCUT2D eigenvalue weighted by Gasteiger charge is -2.08. The lowest BCUT2D eigenvalue weighted by molar-refractivity contribution is 0.342. The van der Waals surface area contributed by atoms with Gasteiger partial charge in [0.05, 0.1) is 17.0 Å². The number of fused-ring (bicyclic) bond motifs is 1. The SMILES string of the molecule is Nc1ncnc2c1c(-c1cccc(Cl)c1)cn2-c1cccc(OCCCl)c1. The summed E-state index contributed by atoms with van der Waals surface area (Å²) in [5, 5.41) is 1.44. The predicted molar refractivity (Wildman–Crippen MR) is 110 cm³/mol. The molecule has 2 N–H and O–H groups in total. The number of nitrogens with two attached hydrogens (primary N) is 1. The molecule has 136 valence electrons. The highest BCUT2D eigenvalue weighted by molar-refractivity contribution is 6.31. The molecule has 0 spiro atoms. The van der Waals surface area contributed by atoms with Crippen LogP contribution in [0.5, 0.6) is 5.75 Å². The highest BCUT2D eigenvalue weighted by Gasteiger charge is 2.16. The Morgan fingerprint density at radius 3 is 2.74 bits per heavy atom. The van der Waals surface area contributed by atoms with Crippen LogP contribution in [0.3, 0.4) is 0 Å². The average Bonchev–Trinajstić information content (AvgIpc) is 3.08. The number of anilines is 1. The van der Waals surface area contributed by atoms with Crippen molar-refractivity contribution in [3.8, 4) is 22.6 Å². The van der Waals surface area contributed by atoms with Gasteiger partial charge in [-0.25, -0.2) is 9.97 Å². The lowest BCUT2D eigenvalue weighted by Crippen LogP contribution is -2.00. The van der Waals surface area contributed by atoms with E-state index in [1.807, 2.05) is 59.3 Å². The van der Waals surface area contributed by atoms with Crippen LogP contribution >= 0.6 is 23.2 Å². The number of halogens is 2. The molecule has 2 heterocycles.